The van der Waals surface area contributed by atoms with E-state index in [1.54, 1.807) is 32.0 Å². The topological polar surface area (TPSA) is 105 Å². The Morgan fingerprint density at radius 1 is 1.29 bits per heavy atom. The van der Waals surface area contributed by atoms with E-state index in [0.29, 0.717) is 52.1 Å². The van der Waals surface area contributed by atoms with Crippen LogP contribution in [-0.4, -0.2) is 41.9 Å². The summed E-state index contributed by atoms with van der Waals surface area (Å²) in [5.74, 6) is -0.339. The number of hydrogen-bond donors (Lipinski definition) is 1. The zero-order valence-corrected chi connectivity index (χ0v) is 21.1. The number of amides is 1. The molecule has 2 aromatic heterocycles. The molecule has 182 valence electrons. The van der Waals surface area contributed by atoms with Crippen molar-refractivity contribution in [3.8, 4) is 10.7 Å². The predicted molar refractivity (Wildman–Crippen MR) is 128 cm³/mol. The van der Waals surface area contributed by atoms with E-state index >= 15 is 0 Å². The number of thiophene rings is 1. The van der Waals surface area contributed by atoms with E-state index in [0.717, 1.165) is 0 Å². The lowest BCUT2D eigenvalue weighted by atomic mass is 9.98. The molecule has 3 aromatic rings. The summed E-state index contributed by atoms with van der Waals surface area (Å²) in [5.41, 5.74) is 0.840. The first-order valence-corrected chi connectivity index (χ1v) is 13.3. The summed E-state index contributed by atoms with van der Waals surface area (Å²) in [6, 6.07) is 6.06. The molecule has 0 radical (unpaired) electrons. The van der Waals surface area contributed by atoms with Gasteiger partial charge >= 0.3 is 0 Å². The van der Waals surface area contributed by atoms with Crippen LogP contribution in [0.1, 0.15) is 48.9 Å². The van der Waals surface area contributed by atoms with Crippen LogP contribution in [0.2, 0.25) is 0 Å². The van der Waals surface area contributed by atoms with E-state index in [-0.39, 0.29) is 23.3 Å². The minimum atomic E-state index is -3.82. The Balaban J connectivity index is 1.51. The molecule has 8 nitrogen and oxygen atoms in total. The van der Waals surface area contributed by atoms with Gasteiger partial charge in [-0.3, -0.25) is 4.79 Å². The molecule has 1 N–H and O–H groups in total. The summed E-state index contributed by atoms with van der Waals surface area (Å²) in [5, 5.41) is 6.69. The highest BCUT2D eigenvalue weighted by atomic mass is 32.2. The summed E-state index contributed by atoms with van der Waals surface area (Å²) in [7, 11) is -3.82. The second-order valence-corrected chi connectivity index (χ2v) is 12.0. The number of nitrogens with zero attached hydrogens (tertiary/aromatic N) is 3. The predicted octanol–water partition coefficient (Wildman–Crippen LogP) is 4.72. The molecular weight excluding hydrogens is 479 g/mol. The molecule has 1 atom stereocenters. The van der Waals surface area contributed by atoms with Gasteiger partial charge in [0.25, 0.3) is 0 Å². The fourth-order valence-electron chi connectivity index (χ4n) is 3.83. The van der Waals surface area contributed by atoms with Crippen LogP contribution in [0.5, 0.6) is 0 Å². The molecule has 34 heavy (non-hydrogen) atoms. The number of carbonyl (C=O) groups is 1. The van der Waals surface area contributed by atoms with Crippen molar-refractivity contribution < 1.29 is 22.1 Å². The van der Waals surface area contributed by atoms with Crippen molar-refractivity contribution in [1.29, 1.82) is 0 Å². The van der Waals surface area contributed by atoms with Gasteiger partial charge in [-0.25, -0.2) is 12.8 Å². The van der Waals surface area contributed by atoms with Gasteiger partial charge in [-0.05, 0) is 50.5 Å². The quantitative estimate of drug-likeness (QED) is 0.519. The second-order valence-electron chi connectivity index (χ2n) is 8.80. The normalized spacial score (nSPS) is 17.3. The highest BCUT2D eigenvalue weighted by molar-refractivity contribution is 7.89. The van der Waals surface area contributed by atoms with Crippen molar-refractivity contribution in [1.82, 2.24) is 14.4 Å². The van der Waals surface area contributed by atoms with E-state index in [1.807, 2.05) is 13.8 Å². The maximum absolute atomic E-state index is 13.8. The van der Waals surface area contributed by atoms with Crippen molar-refractivity contribution in [3.63, 3.8) is 0 Å². The van der Waals surface area contributed by atoms with E-state index in [4.69, 9.17) is 4.52 Å². The van der Waals surface area contributed by atoms with Crippen LogP contribution in [0.3, 0.4) is 0 Å². The fourth-order valence-corrected chi connectivity index (χ4v) is 6.84. The SMILES string of the molecule is Cc1ccc(NC(=O)C2CCCN(S(=O)(=O)c3cc(-c4noc(C(C)C)n4)sc3C)C2)cc1F. The molecular formula is C23H27FN4O4S2. The zero-order chi connectivity index (χ0) is 24.6. The van der Waals surface area contributed by atoms with Crippen molar-refractivity contribution in [2.24, 2.45) is 5.92 Å². The lowest BCUT2D eigenvalue weighted by molar-refractivity contribution is -0.120. The third kappa shape index (κ3) is 4.91. The Kier molecular flexibility index (Phi) is 6.88. The molecule has 1 amide bonds. The van der Waals surface area contributed by atoms with Crippen molar-refractivity contribution >= 4 is 33.0 Å². The van der Waals surface area contributed by atoms with Crippen molar-refractivity contribution in [2.75, 3.05) is 18.4 Å². The van der Waals surface area contributed by atoms with Crippen LogP contribution in [0, 0.1) is 25.6 Å². The number of carbonyl (C=O) groups excluding carboxylic acids is 1. The van der Waals surface area contributed by atoms with Crippen LogP contribution < -0.4 is 5.32 Å². The summed E-state index contributed by atoms with van der Waals surface area (Å²) in [4.78, 5) is 18.6. The smallest absolute Gasteiger partial charge is 0.244 e. The number of nitrogens with one attached hydrogen (secondary N) is 1. The van der Waals surface area contributed by atoms with E-state index in [9.17, 15) is 17.6 Å². The first-order chi connectivity index (χ1) is 16.1. The van der Waals surface area contributed by atoms with Crippen LogP contribution in [0.15, 0.2) is 33.7 Å². The lowest BCUT2D eigenvalue weighted by Gasteiger charge is -2.31. The number of anilines is 1. The van der Waals surface area contributed by atoms with E-state index in [2.05, 4.69) is 15.5 Å². The second kappa shape index (κ2) is 9.55. The Labute approximate surface area is 202 Å². The summed E-state index contributed by atoms with van der Waals surface area (Å²) >= 11 is 1.29. The molecule has 1 aromatic carbocycles. The Bertz CT molecular complexity index is 1320. The number of halogens is 1. The standard InChI is InChI=1S/C23H27FN4O4S2/c1-13(2)23-26-21(27-32-23)19-11-20(15(4)33-19)34(30,31)28-9-5-6-16(12-28)22(29)25-17-8-7-14(3)18(24)10-17/h7-8,10-11,13,16H,5-6,9,12H2,1-4H3,(H,25,29). The monoisotopic (exact) mass is 506 g/mol. The van der Waals surface area contributed by atoms with Gasteiger partial charge in [0.1, 0.15) is 5.82 Å². The van der Waals surface area contributed by atoms with Gasteiger partial charge in [0.05, 0.1) is 15.7 Å². The van der Waals surface area contributed by atoms with Crippen molar-refractivity contribution in [2.45, 2.75) is 51.3 Å². The van der Waals surface area contributed by atoms with Gasteiger partial charge in [0.2, 0.25) is 27.6 Å². The minimum Gasteiger partial charge on any atom is -0.339 e. The van der Waals surface area contributed by atoms with Gasteiger partial charge in [-0.15, -0.1) is 11.3 Å². The molecule has 0 spiro atoms. The molecule has 0 aliphatic carbocycles. The molecule has 0 bridgehead atoms. The maximum atomic E-state index is 13.8. The average molecular weight is 507 g/mol. The number of aromatic nitrogens is 2. The molecule has 1 unspecified atom stereocenters. The number of piperidine rings is 1. The first kappa shape index (κ1) is 24.5. The number of benzene rings is 1. The third-order valence-corrected chi connectivity index (χ3v) is 9.01. The number of rotatable bonds is 6. The van der Waals surface area contributed by atoms with Gasteiger partial charge in [-0.1, -0.05) is 25.1 Å². The molecule has 11 heteroatoms. The molecule has 0 saturated carbocycles. The van der Waals surface area contributed by atoms with Gasteiger partial charge in [-0.2, -0.15) is 9.29 Å². The molecule has 4 rings (SSSR count). The molecule has 1 aliphatic rings. The molecule has 1 aliphatic heterocycles. The van der Waals surface area contributed by atoms with Gasteiger partial charge in [0.15, 0.2) is 0 Å². The summed E-state index contributed by atoms with van der Waals surface area (Å²) in [6.45, 7) is 7.65. The van der Waals surface area contributed by atoms with Crippen molar-refractivity contribution in [3.05, 3.63) is 46.4 Å². The average Bonchev–Trinajstić information content (AvgIpc) is 3.44. The summed E-state index contributed by atoms with van der Waals surface area (Å²) in [6.07, 6.45) is 1.11. The third-order valence-electron chi connectivity index (χ3n) is 5.84. The Hall–Kier alpha value is -2.63. The highest BCUT2D eigenvalue weighted by Gasteiger charge is 2.35. The van der Waals surface area contributed by atoms with Crippen LogP contribution in [-0.2, 0) is 14.8 Å². The van der Waals surface area contributed by atoms with E-state index in [1.165, 1.54) is 21.7 Å². The lowest BCUT2D eigenvalue weighted by Crippen LogP contribution is -2.43. The summed E-state index contributed by atoms with van der Waals surface area (Å²) < 4.78 is 47.4. The maximum Gasteiger partial charge on any atom is 0.244 e. The number of aryl methyl sites for hydroxylation is 2. The number of sulfonamides is 1. The molecule has 1 fully saturated rings. The largest absolute Gasteiger partial charge is 0.339 e. The Morgan fingerprint density at radius 2 is 2.06 bits per heavy atom. The van der Waals surface area contributed by atoms with Crippen LogP contribution >= 0.6 is 11.3 Å². The van der Waals surface area contributed by atoms with Crippen LogP contribution in [0.4, 0.5) is 10.1 Å². The van der Waals surface area contributed by atoms with Gasteiger partial charge in [0, 0.05) is 29.6 Å². The zero-order valence-electron chi connectivity index (χ0n) is 19.5. The fraction of sp³-hybridized carbons (Fsp3) is 0.435. The molecule has 1 saturated heterocycles. The van der Waals surface area contributed by atoms with Crippen LogP contribution in [0.25, 0.3) is 10.7 Å². The first-order valence-electron chi connectivity index (χ1n) is 11.1. The molecule has 3 heterocycles. The highest BCUT2D eigenvalue weighted by Crippen LogP contribution is 2.35. The van der Waals surface area contributed by atoms with E-state index < -0.39 is 21.8 Å². The number of hydrogen-bond acceptors (Lipinski definition) is 7. The van der Waals surface area contributed by atoms with Gasteiger partial charge < -0.3 is 9.84 Å². The minimum absolute atomic E-state index is 0.0623. The Morgan fingerprint density at radius 3 is 2.74 bits per heavy atom.